The first-order chi connectivity index (χ1) is 13.5. The second-order valence-electron chi connectivity index (χ2n) is 7.60. The van der Waals surface area contributed by atoms with Gasteiger partial charge in [0, 0.05) is 57.7 Å². The van der Waals surface area contributed by atoms with Crippen molar-refractivity contribution in [2.24, 2.45) is 0 Å². The number of pyridine rings is 1. The van der Waals surface area contributed by atoms with Crippen LogP contribution in [0.1, 0.15) is 31.0 Å². The monoisotopic (exact) mass is 384 g/mol. The van der Waals surface area contributed by atoms with E-state index in [0.29, 0.717) is 6.54 Å². The van der Waals surface area contributed by atoms with Crippen LogP contribution in [0.2, 0.25) is 0 Å². The number of anilines is 1. The molecule has 1 aliphatic rings. The molecule has 0 saturated carbocycles. The van der Waals surface area contributed by atoms with Crippen molar-refractivity contribution in [2.45, 2.75) is 39.3 Å². The number of amides is 1. The van der Waals surface area contributed by atoms with E-state index in [2.05, 4.69) is 53.3 Å². The van der Waals surface area contributed by atoms with Gasteiger partial charge in [0.1, 0.15) is 5.82 Å². The summed E-state index contributed by atoms with van der Waals surface area (Å²) in [6.45, 7) is 6.62. The highest BCUT2D eigenvalue weighted by Gasteiger charge is 2.17. The quantitative estimate of drug-likeness (QED) is 0.810. The summed E-state index contributed by atoms with van der Waals surface area (Å²) in [5.41, 5.74) is 2.27. The first-order valence-corrected chi connectivity index (χ1v) is 10.2. The fraction of sp³-hybridized carbons (Fsp3) is 0.571. The number of aryl methyl sites for hydroxylation is 2. The van der Waals surface area contributed by atoms with Gasteiger partial charge in [0.05, 0.1) is 12.7 Å². The van der Waals surface area contributed by atoms with Crippen molar-refractivity contribution in [3.63, 3.8) is 0 Å². The number of nitrogens with zero attached hydrogens (tertiary/aromatic N) is 6. The van der Waals surface area contributed by atoms with E-state index in [1.54, 1.807) is 0 Å². The lowest BCUT2D eigenvalue weighted by molar-refractivity contribution is -0.131. The van der Waals surface area contributed by atoms with E-state index in [4.69, 9.17) is 4.98 Å². The maximum atomic E-state index is 12.7. The van der Waals surface area contributed by atoms with E-state index in [1.807, 2.05) is 22.8 Å². The summed E-state index contributed by atoms with van der Waals surface area (Å²) < 4.78 is 1.93. The topological polar surface area (TPSA) is 57.5 Å². The molecule has 0 N–H and O–H groups in total. The predicted octanol–water partition coefficient (Wildman–Crippen LogP) is 2.03. The molecule has 0 aromatic carbocycles. The fourth-order valence-corrected chi connectivity index (χ4v) is 3.53. The molecular weight excluding hydrogens is 352 g/mol. The Labute approximate surface area is 167 Å². The lowest BCUT2D eigenvalue weighted by atomic mass is 10.2. The van der Waals surface area contributed by atoms with Crippen molar-refractivity contribution >= 4 is 11.7 Å². The summed E-state index contributed by atoms with van der Waals surface area (Å²) in [6, 6.07) is 6.24. The minimum absolute atomic E-state index is 0.180. The second-order valence-corrected chi connectivity index (χ2v) is 7.60. The van der Waals surface area contributed by atoms with Crippen LogP contribution in [0.5, 0.6) is 0 Å². The Morgan fingerprint density at radius 3 is 2.68 bits per heavy atom. The Morgan fingerprint density at radius 1 is 1.07 bits per heavy atom. The molecule has 7 nitrogen and oxygen atoms in total. The molecule has 28 heavy (non-hydrogen) atoms. The zero-order valence-electron chi connectivity index (χ0n) is 17.3. The first-order valence-electron chi connectivity index (χ1n) is 10.2. The number of hydrogen-bond acceptors (Lipinski definition) is 5. The highest BCUT2D eigenvalue weighted by molar-refractivity contribution is 5.78. The molecule has 2 aromatic heterocycles. The van der Waals surface area contributed by atoms with Gasteiger partial charge in [-0.15, -0.1) is 0 Å². The molecule has 0 atom stereocenters. The Morgan fingerprint density at radius 2 is 1.89 bits per heavy atom. The molecule has 1 aliphatic heterocycles. The highest BCUT2D eigenvalue weighted by Crippen LogP contribution is 2.13. The normalized spacial score (nSPS) is 17.6. The standard InChI is InChI=1S/C21H32N6O/c1-4-27-16-18(14-22-27)15-26-13-6-9-19-8-5-10-20(23-19)24(2)11-7-12-25(3)21(28)17-26/h5,8,10,14,16H,4,6-7,9,11-13,15,17H2,1-3H3. The maximum absolute atomic E-state index is 12.7. The van der Waals surface area contributed by atoms with Crippen LogP contribution >= 0.6 is 0 Å². The van der Waals surface area contributed by atoms with Crippen LogP contribution in [0.4, 0.5) is 5.82 Å². The van der Waals surface area contributed by atoms with Crippen LogP contribution in [0, 0.1) is 0 Å². The third-order valence-electron chi connectivity index (χ3n) is 5.28. The van der Waals surface area contributed by atoms with Gasteiger partial charge in [-0.25, -0.2) is 4.98 Å². The van der Waals surface area contributed by atoms with E-state index in [1.165, 1.54) is 0 Å². The lowest BCUT2D eigenvalue weighted by Crippen LogP contribution is -2.39. The molecule has 0 saturated heterocycles. The third kappa shape index (κ3) is 5.55. The van der Waals surface area contributed by atoms with Crippen LogP contribution in [0.3, 0.4) is 0 Å². The number of carbonyl (C=O) groups is 1. The van der Waals surface area contributed by atoms with E-state index in [0.717, 1.165) is 69.1 Å². The minimum atomic E-state index is 0.180. The number of hydrogen-bond donors (Lipinski definition) is 0. The van der Waals surface area contributed by atoms with Gasteiger partial charge in [-0.05, 0) is 44.9 Å². The van der Waals surface area contributed by atoms with Crippen LogP contribution in [0.25, 0.3) is 0 Å². The fourth-order valence-electron chi connectivity index (χ4n) is 3.53. The van der Waals surface area contributed by atoms with Gasteiger partial charge in [0.2, 0.25) is 5.91 Å². The van der Waals surface area contributed by atoms with Crippen molar-refractivity contribution in [2.75, 3.05) is 45.2 Å². The molecule has 7 heteroatoms. The van der Waals surface area contributed by atoms with E-state index < -0.39 is 0 Å². The molecule has 3 rings (SSSR count). The van der Waals surface area contributed by atoms with Crippen molar-refractivity contribution in [3.8, 4) is 0 Å². The van der Waals surface area contributed by atoms with Gasteiger partial charge >= 0.3 is 0 Å². The Hall–Kier alpha value is -2.41. The summed E-state index contributed by atoms with van der Waals surface area (Å²) in [7, 11) is 3.97. The summed E-state index contributed by atoms with van der Waals surface area (Å²) in [4.78, 5) is 23.8. The van der Waals surface area contributed by atoms with Crippen molar-refractivity contribution in [1.82, 2.24) is 24.6 Å². The van der Waals surface area contributed by atoms with Gasteiger partial charge in [-0.2, -0.15) is 5.10 Å². The van der Waals surface area contributed by atoms with Gasteiger partial charge in [0.15, 0.2) is 0 Å². The number of aromatic nitrogens is 3. The van der Waals surface area contributed by atoms with Crippen molar-refractivity contribution in [3.05, 3.63) is 41.9 Å². The SMILES string of the molecule is CCn1cc(CN2CCCc3cccc(n3)N(C)CCCN(C)C(=O)C2)cn1. The molecule has 1 amide bonds. The second kappa shape index (κ2) is 9.68. The van der Waals surface area contributed by atoms with Gasteiger partial charge in [0.25, 0.3) is 0 Å². The van der Waals surface area contributed by atoms with Crippen molar-refractivity contribution < 1.29 is 4.79 Å². The summed E-state index contributed by atoms with van der Waals surface area (Å²) in [6.07, 6.45) is 6.79. The zero-order chi connectivity index (χ0) is 19.9. The molecule has 0 unspecified atom stereocenters. The molecular formula is C21H32N6O. The average molecular weight is 385 g/mol. The van der Waals surface area contributed by atoms with Crippen LogP contribution in [-0.2, 0) is 24.3 Å². The number of likely N-dealkylation sites (N-methyl/N-ethyl adjacent to an activating group) is 1. The van der Waals surface area contributed by atoms with E-state index in [9.17, 15) is 4.79 Å². The minimum Gasteiger partial charge on any atom is -0.360 e. The average Bonchev–Trinajstić information content (AvgIpc) is 3.14. The van der Waals surface area contributed by atoms with Crippen LogP contribution in [0.15, 0.2) is 30.6 Å². The number of carbonyl (C=O) groups excluding carboxylic acids is 1. The highest BCUT2D eigenvalue weighted by atomic mass is 16.2. The largest absolute Gasteiger partial charge is 0.360 e. The van der Waals surface area contributed by atoms with E-state index in [-0.39, 0.29) is 5.91 Å². The summed E-state index contributed by atoms with van der Waals surface area (Å²) in [5.74, 6) is 1.19. The Balaban J connectivity index is 1.73. The number of fused-ring (bicyclic) bond motifs is 2. The number of rotatable bonds is 3. The summed E-state index contributed by atoms with van der Waals surface area (Å²) >= 11 is 0. The van der Waals surface area contributed by atoms with Crippen LogP contribution in [-0.4, -0.2) is 70.7 Å². The molecule has 2 aromatic rings. The molecule has 2 bridgehead atoms. The molecule has 0 fully saturated rings. The van der Waals surface area contributed by atoms with Crippen LogP contribution < -0.4 is 4.90 Å². The van der Waals surface area contributed by atoms with E-state index >= 15 is 0 Å². The predicted molar refractivity (Wildman–Crippen MR) is 111 cm³/mol. The molecule has 0 radical (unpaired) electrons. The molecule has 0 spiro atoms. The maximum Gasteiger partial charge on any atom is 0.236 e. The molecule has 3 heterocycles. The first kappa shape index (κ1) is 20.3. The van der Waals surface area contributed by atoms with Gasteiger partial charge in [-0.3, -0.25) is 14.4 Å². The van der Waals surface area contributed by atoms with Gasteiger partial charge in [-0.1, -0.05) is 6.07 Å². The Kier molecular flexibility index (Phi) is 7.03. The molecule has 152 valence electrons. The Bertz CT molecular complexity index is 774. The lowest BCUT2D eigenvalue weighted by Gasteiger charge is -2.26. The molecule has 0 aliphatic carbocycles. The zero-order valence-corrected chi connectivity index (χ0v) is 17.3. The third-order valence-corrected chi connectivity index (χ3v) is 5.28. The smallest absolute Gasteiger partial charge is 0.236 e. The van der Waals surface area contributed by atoms with Gasteiger partial charge < -0.3 is 9.80 Å². The summed E-state index contributed by atoms with van der Waals surface area (Å²) in [5, 5.41) is 4.36. The van der Waals surface area contributed by atoms with Crippen molar-refractivity contribution in [1.29, 1.82) is 0 Å².